The number of benzene rings is 2. The molecule has 2 aromatic carbocycles. The number of halogens is 1. The van der Waals surface area contributed by atoms with Crippen LogP contribution in [-0.2, 0) is 0 Å². The Morgan fingerprint density at radius 2 is 1.90 bits per heavy atom. The van der Waals surface area contributed by atoms with Gasteiger partial charge < -0.3 is 10.5 Å². The average Bonchev–Trinajstić information content (AvgIpc) is 2.45. The molecule has 0 bridgehead atoms. The smallest absolute Gasteiger partial charge is 0.138 e. The Morgan fingerprint density at radius 1 is 1.20 bits per heavy atom. The van der Waals surface area contributed by atoms with Gasteiger partial charge in [0.2, 0.25) is 0 Å². The molecule has 0 spiro atoms. The summed E-state index contributed by atoms with van der Waals surface area (Å²) in [5.74, 6) is 0.700. The summed E-state index contributed by atoms with van der Waals surface area (Å²) in [6.45, 7) is 1.91. The van der Waals surface area contributed by atoms with E-state index in [1.54, 1.807) is 24.3 Å². The number of nitriles is 1. The minimum Gasteiger partial charge on any atom is -0.484 e. The van der Waals surface area contributed by atoms with Crippen LogP contribution in [0.5, 0.6) is 5.75 Å². The predicted octanol–water partition coefficient (Wildman–Crippen LogP) is 3.79. The van der Waals surface area contributed by atoms with E-state index in [-0.39, 0.29) is 12.1 Å². The molecule has 4 heteroatoms. The SMILES string of the molecule is CC(N)C(Oc1ccc(C#N)cc1)c1cccc(Br)c1. The Morgan fingerprint density at radius 3 is 2.45 bits per heavy atom. The van der Waals surface area contributed by atoms with Crippen molar-refractivity contribution >= 4 is 15.9 Å². The summed E-state index contributed by atoms with van der Waals surface area (Å²) < 4.78 is 6.95. The summed E-state index contributed by atoms with van der Waals surface area (Å²) >= 11 is 3.45. The lowest BCUT2D eigenvalue weighted by atomic mass is 10.0. The second kappa shape index (κ2) is 6.56. The van der Waals surface area contributed by atoms with Crippen LogP contribution in [-0.4, -0.2) is 6.04 Å². The Hall–Kier alpha value is -1.83. The third-order valence-corrected chi connectivity index (χ3v) is 3.39. The van der Waals surface area contributed by atoms with E-state index in [1.807, 2.05) is 31.2 Å². The van der Waals surface area contributed by atoms with Crippen molar-refractivity contribution in [2.75, 3.05) is 0 Å². The molecule has 2 rings (SSSR count). The van der Waals surface area contributed by atoms with Gasteiger partial charge in [0, 0.05) is 10.5 Å². The fourth-order valence-electron chi connectivity index (χ4n) is 1.92. The zero-order valence-corrected chi connectivity index (χ0v) is 12.7. The quantitative estimate of drug-likeness (QED) is 0.927. The standard InChI is InChI=1S/C16H15BrN2O/c1-11(19)16(13-3-2-4-14(17)9-13)20-15-7-5-12(10-18)6-8-15/h2-9,11,16H,19H2,1H3. The average molecular weight is 331 g/mol. The zero-order valence-electron chi connectivity index (χ0n) is 11.1. The molecule has 0 radical (unpaired) electrons. The lowest BCUT2D eigenvalue weighted by Gasteiger charge is -2.23. The zero-order chi connectivity index (χ0) is 14.5. The largest absolute Gasteiger partial charge is 0.484 e. The second-order valence-corrected chi connectivity index (χ2v) is 5.50. The summed E-state index contributed by atoms with van der Waals surface area (Å²) in [5, 5.41) is 8.79. The number of rotatable bonds is 4. The molecular formula is C16H15BrN2O. The first-order valence-electron chi connectivity index (χ1n) is 6.28. The van der Waals surface area contributed by atoms with E-state index in [9.17, 15) is 0 Å². The molecule has 0 saturated heterocycles. The summed E-state index contributed by atoms with van der Waals surface area (Å²) in [6, 6.07) is 16.9. The number of nitrogens with two attached hydrogens (primary N) is 1. The number of hydrogen-bond acceptors (Lipinski definition) is 3. The second-order valence-electron chi connectivity index (χ2n) is 4.59. The molecule has 0 aromatic heterocycles. The Bertz CT molecular complexity index is 617. The molecule has 0 amide bonds. The van der Waals surface area contributed by atoms with Gasteiger partial charge in [0.05, 0.1) is 11.6 Å². The minimum atomic E-state index is -0.236. The van der Waals surface area contributed by atoms with E-state index in [2.05, 4.69) is 22.0 Å². The number of nitrogens with zero attached hydrogens (tertiary/aromatic N) is 1. The highest BCUT2D eigenvalue weighted by Crippen LogP contribution is 2.26. The van der Waals surface area contributed by atoms with Crippen LogP contribution in [0.2, 0.25) is 0 Å². The monoisotopic (exact) mass is 330 g/mol. The molecule has 2 N–H and O–H groups in total. The lowest BCUT2D eigenvalue weighted by Crippen LogP contribution is -2.29. The van der Waals surface area contributed by atoms with E-state index < -0.39 is 0 Å². The van der Waals surface area contributed by atoms with Crippen LogP contribution < -0.4 is 10.5 Å². The highest BCUT2D eigenvalue weighted by Gasteiger charge is 2.18. The van der Waals surface area contributed by atoms with Gasteiger partial charge in [0.15, 0.2) is 0 Å². The maximum Gasteiger partial charge on any atom is 0.138 e. The Kier molecular flexibility index (Phi) is 4.78. The third-order valence-electron chi connectivity index (χ3n) is 2.90. The maximum atomic E-state index is 8.79. The van der Waals surface area contributed by atoms with Crippen molar-refractivity contribution in [2.45, 2.75) is 19.1 Å². The highest BCUT2D eigenvalue weighted by atomic mass is 79.9. The fraction of sp³-hybridized carbons (Fsp3) is 0.188. The maximum absolute atomic E-state index is 8.79. The van der Waals surface area contributed by atoms with E-state index in [0.29, 0.717) is 11.3 Å². The molecule has 0 fully saturated rings. The Balaban J connectivity index is 2.23. The molecule has 2 aromatic rings. The molecule has 0 saturated carbocycles. The van der Waals surface area contributed by atoms with Crippen LogP contribution in [0.15, 0.2) is 53.0 Å². The molecule has 0 aliphatic carbocycles. The van der Waals surface area contributed by atoms with Crippen molar-refractivity contribution in [2.24, 2.45) is 5.73 Å². The molecule has 2 unspecified atom stereocenters. The molecule has 0 heterocycles. The van der Waals surface area contributed by atoms with Crippen LogP contribution in [0, 0.1) is 11.3 Å². The number of ether oxygens (including phenoxy) is 1. The van der Waals surface area contributed by atoms with Gasteiger partial charge in [-0.2, -0.15) is 5.26 Å². The van der Waals surface area contributed by atoms with Gasteiger partial charge >= 0.3 is 0 Å². The first-order valence-corrected chi connectivity index (χ1v) is 7.07. The fourth-order valence-corrected chi connectivity index (χ4v) is 2.33. The van der Waals surface area contributed by atoms with Gasteiger partial charge in [0.25, 0.3) is 0 Å². The van der Waals surface area contributed by atoms with Gasteiger partial charge in [-0.05, 0) is 48.9 Å². The van der Waals surface area contributed by atoms with Crippen LogP contribution in [0.4, 0.5) is 0 Å². The molecule has 0 aliphatic heterocycles. The van der Waals surface area contributed by atoms with Gasteiger partial charge in [-0.15, -0.1) is 0 Å². The van der Waals surface area contributed by atoms with Crippen molar-refractivity contribution in [1.29, 1.82) is 5.26 Å². The van der Waals surface area contributed by atoms with Crippen molar-refractivity contribution in [3.8, 4) is 11.8 Å². The summed E-state index contributed by atoms with van der Waals surface area (Å²) in [7, 11) is 0. The van der Waals surface area contributed by atoms with Crippen molar-refractivity contribution in [1.82, 2.24) is 0 Å². The molecule has 20 heavy (non-hydrogen) atoms. The molecule has 0 aliphatic rings. The Labute approximate surface area is 127 Å². The van der Waals surface area contributed by atoms with E-state index in [1.165, 1.54) is 0 Å². The molecule has 102 valence electrons. The molecule has 3 nitrogen and oxygen atoms in total. The number of hydrogen-bond donors (Lipinski definition) is 1. The van der Waals surface area contributed by atoms with Crippen molar-refractivity contribution in [3.05, 3.63) is 64.1 Å². The van der Waals surface area contributed by atoms with Crippen LogP contribution in [0.1, 0.15) is 24.2 Å². The molecule has 2 atom stereocenters. The van der Waals surface area contributed by atoms with Crippen molar-refractivity contribution < 1.29 is 4.74 Å². The van der Waals surface area contributed by atoms with Gasteiger partial charge in [-0.3, -0.25) is 0 Å². The first kappa shape index (κ1) is 14.6. The van der Waals surface area contributed by atoms with Crippen LogP contribution in [0.25, 0.3) is 0 Å². The van der Waals surface area contributed by atoms with Gasteiger partial charge in [-0.25, -0.2) is 0 Å². The minimum absolute atomic E-state index is 0.153. The third kappa shape index (κ3) is 3.60. The van der Waals surface area contributed by atoms with E-state index in [4.69, 9.17) is 15.7 Å². The predicted molar refractivity (Wildman–Crippen MR) is 82.3 cm³/mol. The lowest BCUT2D eigenvalue weighted by molar-refractivity contribution is 0.180. The van der Waals surface area contributed by atoms with Crippen molar-refractivity contribution in [3.63, 3.8) is 0 Å². The topological polar surface area (TPSA) is 59.0 Å². The van der Waals surface area contributed by atoms with Gasteiger partial charge in [-0.1, -0.05) is 28.1 Å². The van der Waals surface area contributed by atoms with Gasteiger partial charge in [0.1, 0.15) is 11.9 Å². The first-order chi connectivity index (χ1) is 9.60. The van der Waals surface area contributed by atoms with Crippen LogP contribution >= 0.6 is 15.9 Å². The summed E-state index contributed by atoms with van der Waals surface area (Å²) in [6.07, 6.45) is -0.236. The normalized spacial score (nSPS) is 13.3. The highest BCUT2D eigenvalue weighted by molar-refractivity contribution is 9.10. The van der Waals surface area contributed by atoms with E-state index in [0.717, 1.165) is 10.0 Å². The van der Waals surface area contributed by atoms with E-state index >= 15 is 0 Å². The molecular weight excluding hydrogens is 316 g/mol. The summed E-state index contributed by atoms with van der Waals surface area (Å²) in [5.41, 5.74) is 7.65. The summed E-state index contributed by atoms with van der Waals surface area (Å²) in [4.78, 5) is 0. The van der Waals surface area contributed by atoms with Crippen LogP contribution in [0.3, 0.4) is 0 Å².